The van der Waals surface area contributed by atoms with Gasteiger partial charge in [-0.15, -0.1) is 0 Å². The molecule has 2 unspecified atom stereocenters. The molecule has 1 heteroatoms. The van der Waals surface area contributed by atoms with Crippen LogP contribution in [0.15, 0.2) is 30.3 Å². The molecule has 78 valence electrons. The maximum Gasteiger partial charge on any atom is 0.0502 e. The Morgan fingerprint density at radius 2 is 1.80 bits per heavy atom. The van der Waals surface area contributed by atoms with E-state index >= 15 is 0 Å². The summed E-state index contributed by atoms with van der Waals surface area (Å²) >= 11 is 0. The van der Waals surface area contributed by atoms with Crippen molar-refractivity contribution in [3.05, 3.63) is 35.9 Å². The van der Waals surface area contributed by atoms with Gasteiger partial charge in [-0.25, -0.2) is 0 Å². The van der Waals surface area contributed by atoms with Gasteiger partial charge in [0.1, 0.15) is 0 Å². The number of hydrogen-bond donors (Lipinski definition) is 1. The molecule has 1 aromatic carbocycles. The van der Waals surface area contributed by atoms with Gasteiger partial charge in [0.25, 0.3) is 0 Å². The van der Waals surface area contributed by atoms with E-state index in [1.165, 1.54) is 24.8 Å². The van der Waals surface area contributed by atoms with Crippen molar-refractivity contribution >= 4 is 0 Å². The Hall–Kier alpha value is -0.820. The molecule has 4 rings (SSSR count). The van der Waals surface area contributed by atoms with Gasteiger partial charge < -0.3 is 5.11 Å². The molecule has 2 atom stereocenters. The summed E-state index contributed by atoms with van der Waals surface area (Å²) < 4.78 is 0. The van der Waals surface area contributed by atoms with Gasteiger partial charge in [-0.2, -0.15) is 0 Å². The van der Waals surface area contributed by atoms with E-state index in [9.17, 15) is 5.11 Å². The molecular weight excluding hydrogens is 184 g/mol. The van der Waals surface area contributed by atoms with Gasteiger partial charge in [0.15, 0.2) is 0 Å². The third-order valence-corrected chi connectivity index (χ3v) is 5.45. The predicted octanol–water partition coefficient (Wildman–Crippen LogP) is 2.35. The number of fused-ring (bicyclic) bond motifs is 2. The Morgan fingerprint density at radius 1 is 1.13 bits per heavy atom. The molecule has 0 saturated heterocycles. The van der Waals surface area contributed by atoms with Crippen LogP contribution in [0.2, 0.25) is 0 Å². The fourth-order valence-electron chi connectivity index (χ4n) is 4.96. The summed E-state index contributed by atoms with van der Waals surface area (Å²) in [6.45, 7) is 0.414. The molecule has 0 heterocycles. The maximum absolute atomic E-state index is 9.64. The van der Waals surface area contributed by atoms with Crippen LogP contribution < -0.4 is 0 Å². The highest BCUT2D eigenvalue weighted by molar-refractivity contribution is 5.57. The molecule has 3 fully saturated rings. The topological polar surface area (TPSA) is 20.2 Å². The van der Waals surface area contributed by atoms with Gasteiger partial charge in [0.2, 0.25) is 0 Å². The Bertz CT molecular complexity index is 397. The van der Waals surface area contributed by atoms with E-state index in [2.05, 4.69) is 30.3 Å². The number of rotatable bonds is 2. The SMILES string of the molecule is OCC12C3CCCC1C32c1ccccc1. The van der Waals surface area contributed by atoms with E-state index in [0.29, 0.717) is 17.4 Å². The predicted molar refractivity (Wildman–Crippen MR) is 58.5 cm³/mol. The van der Waals surface area contributed by atoms with Crippen LogP contribution in [0.4, 0.5) is 0 Å². The summed E-state index contributed by atoms with van der Waals surface area (Å²) in [6, 6.07) is 10.9. The lowest BCUT2D eigenvalue weighted by atomic mass is 9.77. The van der Waals surface area contributed by atoms with Crippen molar-refractivity contribution in [3.8, 4) is 0 Å². The molecule has 0 aliphatic heterocycles. The van der Waals surface area contributed by atoms with Gasteiger partial charge in [0, 0.05) is 10.8 Å². The molecule has 3 saturated carbocycles. The van der Waals surface area contributed by atoms with E-state index in [-0.39, 0.29) is 0 Å². The smallest absolute Gasteiger partial charge is 0.0502 e. The van der Waals surface area contributed by atoms with Gasteiger partial charge in [0.05, 0.1) is 6.61 Å². The van der Waals surface area contributed by atoms with E-state index in [0.717, 1.165) is 11.8 Å². The first kappa shape index (κ1) is 8.35. The summed E-state index contributed by atoms with van der Waals surface area (Å²) in [5.41, 5.74) is 2.24. The molecule has 0 aromatic heterocycles. The molecule has 1 aromatic rings. The minimum atomic E-state index is 0.326. The van der Waals surface area contributed by atoms with Gasteiger partial charge >= 0.3 is 0 Å². The summed E-state index contributed by atoms with van der Waals surface area (Å²) in [5.74, 6) is 1.60. The lowest BCUT2D eigenvalue weighted by Gasteiger charge is -2.27. The Morgan fingerprint density at radius 3 is 2.33 bits per heavy atom. The molecule has 1 N–H and O–H groups in total. The van der Waals surface area contributed by atoms with Crippen LogP contribution in [0, 0.1) is 17.3 Å². The minimum absolute atomic E-state index is 0.326. The second-order valence-electron chi connectivity index (χ2n) is 5.47. The Balaban J connectivity index is 1.81. The highest BCUT2D eigenvalue weighted by atomic mass is 16.3. The molecule has 1 nitrogen and oxygen atoms in total. The summed E-state index contributed by atoms with van der Waals surface area (Å²) in [4.78, 5) is 0. The van der Waals surface area contributed by atoms with Crippen molar-refractivity contribution in [2.24, 2.45) is 17.3 Å². The van der Waals surface area contributed by atoms with Crippen LogP contribution in [0.25, 0.3) is 0 Å². The first-order valence-corrected chi connectivity index (χ1v) is 6.05. The fraction of sp³-hybridized carbons (Fsp3) is 0.571. The van der Waals surface area contributed by atoms with Crippen molar-refractivity contribution in [1.82, 2.24) is 0 Å². The van der Waals surface area contributed by atoms with Crippen LogP contribution in [0.5, 0.6) is 0 Å². The minimum Gasteiger partial charge on any atom is -0.396 e. The molecular formula is C14H16O. The largest absolute Gasteiger partial charge is 0.396 e. The standard InChI is InChI=1S/C14H16O/c15-9-13-11-7-4-8-12(13)14(11,13)10-5-2-1-3-6-10/h1-3,5-6,11-12,15H,4,7-9H2. The van der Waals surface area contributed by atoms with Gasteiger partial charge in [-0.1, -0.05) is 36.8 Å². The summed E-state index contributed by atoms with van der Waals surface area (Å²) in [6.07, 6.45) is 4.06. The zero-order chi connectivity index (χ0) is 10.1. The monoisotopic (exact) mass is 200 g/mol. The van der Waals surface area contributed by atoms with Crippen molar-refractivity contribution in [1.29, 1.82) is 0 Å². The van der Waals surface area contributed by atoms with Crippen LogP contribution in [0.3, 0.4) is 0 Å². The maximum atomic E-state index is 9.64. The van der Waals surface area contributed by atoms with E-state index in [1.54, 1.807) is 0 Å². The van der Waals surface area contributed by atoms with Crippen molar-refractivity contribution in [2.45, 2.75) is 24.7 Å². The van der Waals surface area contributed by atoms with E-state index in [1.807, 2.05) is 0 Å². The van der Waals surface area contributed by atoms with Crippen LogP contribution in [-0.4, -0.2) is 11.7 Å². The van der Waals surface area contributed by atoms with Crippen molar-refractivity contribution in [3.63, 3.8) is 0 Å². The van der Waals surface area contributed by atoms with E-state index < -0.39 is 0 Å². The Labute approximate surface area is 90.1 Å². The molecule has 0 spiro atoms. The van der Waals surface area contributed by atoms with E-state index in [4.69, 9.17) is 0 Å². The second-order valence-corrected chi connectivity index (χ2v) is 5.47. The Kier molecular flexibility index (Phi) is 1.28. The zero-order valence-electron chi connectivity index (χ0n) is 8.82. The summed E-state index contributed by atoms with van der Waals surface area (Å²) in [7, 11) is 0. The highest BCUT2D eigenvalue weighted by Crippen LogP contribution is 2.96. The van der Waals surface area contributed by atoms with Crippen molar-refractivity contribution < 1.29 is 5.11 Å². The number of benzene rings is 1. The normalized spacial score (nSPS) is 49.7. The third-order valence-electron chi connectivity index (χ3n) is 5.45. The second kappa shape index (κ2) is 2.30. The first-order valence-electron chi connectivity index (χ1n) is 6.05. The molecule has 3 aliphatic carbocycles. The van der Waals surface area contributed by atoms with Gasteiger partial charge in [-0.05, 0) is 30.2 Å². The molecule has 15 heavy (non-hydrogen) atoms. The van der Waals surface area contributed by atoms with Crippen LogP contribution >= 0.6 is 0 Å². The van der Waals surface area contributed by atoms with Crippen molar-refractivity contribution in [2.75, 3.05) is 6.61 Å². The lowest BCUT2D eigenvalue weighted by molar-refractivity contribution is 0.166. The fourth-order valence-corrected chi connectivity index (χ4v) is 4.96. The molecule has 0 amide bonds. The quantitative estimate of drug-likeness (QED) is 0.777. The number of aliphatic hydroxyl groups is 1. The zero-order valence-corrected chi connectivity index (χ0v) is 8.82. The lowest BCUT2D eigenvalue weighted by Crippen LogP contribution is -2.22. The van der Waals surface area contributed by atoms with Gasteiger partial charge in [-0.3, -0.25) is 0 Å². The molecule has 0 bridgehead atoms. The number of hydrogen-bond acceptors (Lipinski definition) is 1. The average molecular weight is 200 g/mol. The highest BCUT2D eigenvalue weighted by Gasteiger charge is 2.97. The average Bonchev–Trinajstić information content (AvgIpc) is 3.16. The number of aliphatic hydroxyl groups excluding tert-OH is 1. The van der Waals surface area contributed by atoms with Crippen LogP contribution in [-0.2, 0) is 5.41 Å². The molecule has 3 aliphatic rings. The molecule has 0 radical (unpaired) electrons. The first-order chi connectivity index (χ1) is 7.39. The summed E-state index contributed by atoms with van der Waals surface area (Å²) in [5, 5.41) is 9.64. The van der Waals surface area contributed by atoms with Crippen LogP contribution in [0.1, 0.15) is 24.8 Å². The third kappa shape index (κ3) is 0.629.